The van der Waals surface area contributed by atoms with Crippen molar-refractivity contribution < 1.29 is 14.2 Å². The van der Waals surface area contributed by atoms with E-state index in [2.05, 4.69) is 15.0 Å². The summed E-state index contributed by atoms with van der Waals surface area (Å²) >= 11 is 1.40. The van der Waals surface area contributed by atoms with E-state index < -0.39 is 0 Å². The van der Waals surface area contributed by atoms with Crippen molar-refractivity contribution in [2.45, 2.75) is 0 Å². The van der Waals surface area contributed by atoms with Crippen molar-refractivity contribution in [3.05, 3.63) is 41.7 Å². The summed E-state index contributed by atoms with van der Waals surface area (Å²) < 4.78 is 17.3. The third-order valence-corrected chi connectivity index (χ3v) is 5.85. The highest BCUT2D eigenvalue weighted by Gasteiger charge is 2.19. The third-order valence-electron chi connectivity index (χ3n) is 4.77. The van der Waals surface area contributed by atoms with Crippen LogP contribution >= 0.6 is 11.3 Å². The summed E-state index contributed by atoms with van der Waals surface area (Å²) in [4.78, 5) is 15.5. The van der Waals surface area contributed by atoms with Gasteiger partial charge in [0.25, 0.3) is 0 Å². The summed E-state index contributed by atoms with van der Waals surface area (Å²) in [6, 6.07) is 9.65. The van der Waals surface area contributed by atoms with Gasteiger partial charge in [-0.15, -0.1) is 11.3 Å². The van der Waals surface area contributed by atoms with E-state index in [1.807, 2.05) is 42.3 Å². The van der Waals surface area contributed by atoms with Crippen molar-refractivity contribution in [1.29, 1.82) is 5.41 Å². The zero-order chi connectivity index (χ0) is 20.0. The van der Waals surface area contributed by atoms with Crippen LogP contribution in [-0.2, 0) is 4.74 Å². The Morgan fingerprint density at radius 3 is 2.72 bits per heavy atom. The molecule has 0 radical (unpaired) electrons. The minimum absolute atomic E-state index is 0.0398. The molecule has 3 heterocycles. The molecule has 2 aromatic carbocycles. The molecule has 0 spiro atoms. The first-order chi connectivity index (χ1) is 14.2. The number of nitrogens with zero attached hydrogens (tertiary/aromatic N) is 4. The van der Waals surface area contributed by atoms with Crippen LogP contribution in [0.5, 0.6) is 11.5 Å². The van der Waals surface area contributed by atoms with E-state index >= 15 is 0 Å². The van der Waals surface area contributed by atoms with Crippen molar-refractivity contribution >= 4 is 49.9 Å². The number of nitrogens with one attached hydrogen (secondary N) is 1. The van der Waals surface area contributed by atoms with E-state index in [0.717, 1.165) is 44.1 Å². The summed E-state index contributed by atoms with van der Waals surface area (Å²) in [7, 11) is 3.42. The molecule has 4 aromatic rings. The van der Waals surface area contributed by atoms with Gasteiger partial charge in [-0.1, -0.05) is 0 Å². The highest BCUT2D eigenvalue weighted by atomic mass is 32.1. The van der Waals surface area contributed by atoms with Crippen LogP contribution in [0.1, 0.15) is 5.01 Å². The molecule has 0 aliphatic carbocycles. The minimum Gasteiger partial charge on any atom is -0.486 e. The fourth-order valence-electron chi connectivity index (χ4n) is 3.32. The Hall–Kier alpha value is -3.46. The first kappa shape index (κ1) is 17.6. The molecule has 0 unspecified atom stereocenters. The molecular weight excluding hydrogens is 390 g/mol. The molecule has 1 aliphatic rings. The lowest BCUT2D eigenvalue weighted by atomic mass is 10.2. The van der Waals surface area contributed by atoms with Gasteiger partial charge in [0.15, 0.2) is 16.5 Å². The van der Waals surface area contributed by atoms with E-state index in [9.17, 15) is 0 Å². The highest BCUT2D eigenvalue weighted by molar-refractivity contribution is 7.21. The van der Waals surface area contributed by atoms with Crippen molar-refractivity contribution in [2.75, 3.05) is 32.3 Å². The Labute approximate surface area is 170 Å². The number of thiazole rings is 1. The van der Waals surface area contributed by atoms with Crippen LogP contribution in [0.15, 0.2) is 36.7 Å². The lowest BCUT2D eigenvalue weighted by Gasteiger charge is -2.23. The normalized spacial score (nSPS) is 12.9. The molecule has 1 N–H and O–H groups in total. The molecule has 0 fully saturated rings. The van der Waals surface area contributed by atoms with Gasteiger partial charge in [0.2, 0.25) is 5.90 Å². The SMILES string of the molecule is COC(=N)c1nc2ccc3ncnc(N(C)c4ccc5c(c4)OCCO5)c3c2s1. The predicted octanol–water partition coefficient (Wildman–Crippen LogP) is 3.75. The fourth-order valence-corrected chi connectivity index (χ4v) is 4.35. The Kier molecular flexibility index (Phi) is 4.17. The van der Waals surface area contributed by atoms with Gasteiger partial charge in [0, 0.05) is 18.8 Å². The number of benzene rings is 2. The Morgan fingerprint density at radius 1 is 1.10 bits per heavy atom. The van der Waals surface area contributed by atoms with Gasteiger partial charge < -0.3 is 19.1 Å². The first-order valence-corrected chi connectivity index (χ1v) is 9.78. The number of methoxy groups -OCH3 is 1. The van der Waals surface area contributed by atoms with E-state index in [1.54, 1.807) is 6.33 Å². The Morgan fingerprint density at radius 2 is 1.90 bits per heavy atom. The molecule has 2 aromatic heterocycles. The molecule has 0 saturated heterocycles. The van der Waals surface area contributed by atoms with Crippen LogP contribution < -0.4 is 14.4 Å². The lowest BCUT2D eigenvalue weighted by molar-refractivity contribution is 0.171. The minimum atomic E-state index is 0.0398. The topological polar surface area (TPSA) is 93.5 Å². The molecule has 8 nitrogen and oxygen atoms in total. The zero-order valence-electron chi connectivity index (χ0n) is 15.8. The number of hydrogen-bond donors (Lipinski definition) is 1. The molecule has 5 rings (SSSR count). The molecular formula is C20H17N5O3S. The number of hydrogen-bond acceptors (Lipinski definition) is 9. The second kappa shape index (κ2) is 6.85. The molecule has 29 heavy (non-hydrogen) atoms. The van der Waals surface area contributed by atoms with Gasteiger partial charge in [0.05, 0.1) is 28.2 Å². The van der Waals surface area contributed by atoms with Crippen molar-refractivity contribution in [3.63, 3.8) is 0 Å². The molecule has 0 atom stereocenters. The molecule has 1 aliphatic heterocycles. The number of aromatic nitrogens is 3. The second-order valence-corrected chi connectivity index (χ2v) is 7.44. The maximum absolute atomic E-state index is 7.94. The van der Waals surface area contributed by atoms with Gasteiger partial charge in [-0.25, -0.2) is 15.0 Å². The Bertz CT molecular complexity index is 1260. The van der Waals surface area contributed by atoms with Crippen molar-refractivity contribution in [3.8, 4) is 11.5 Å². The van der Waals surface area contributed by atoms with Crippen LogP contribution in [0, 0.1) is 5.41 Å². The summed E-state index contributed by atoms with van der Waals surface area (Å²) in [6.07, 6.45) is 1.55. The number of anilines is 2. The van der Waals surface area contributed by atoms with Crippen LogP contribution in [0.25, 0.3) is 21.1 Å². The standard InChI is InChI=1S/C20H17N5O3S/c1-25(11-3-6-14-15(9-11)28-8-7-27-14)19-16-12(22-10-23-19)4-5-13-17(16)29-20(24-13)18(21)26-2/h3-6,9-10,21H,7-8H2,1-2H3. The average Bonchev–Trinajstić information content (AvgIpc) is 3.22. The van der Waals surface area contributed by atoms with Gasteiger partial charge in [-0.3, -0.25) is 5.41 Å². The maximum atomic E-state index is 7.94. The maximum Gasteiger partial charge on any atom is 0.242 e. The summed E-state index contributed by atoms with van der Waals surface area (Å²) in [6.45, 7) is 1.09. The Balaban J connectivity index is 1.67. The largest absolute Gasteiger partial charge is 0.486 e. The molecule has 0 amide bonds. The zero-order valence-corrected chi connectivity index (χ0v) is 16.6. The predicted molar refractivity (Wildman–Crippen MR) is 112 cm³/mol. The lowest BCUT2D eigenvalue weighted by Crippen LogP contribution is -2.17. The first-order valence-electron chi connectivity index (χ1n) is 8.96. The van der Waals surface area contributed by atoms with Gasteiger partial charge >= 0.3 is 0 Å². The average molecular weight is 407 g/mol. The summed E-state index contributed by atoms with van der Waals surface area (Å²) in [5.41, 5.74) is 2.51. The summed E-state index contributed by atoms with van der Waals surface area (Å²) in [5, 5.41) is 9.34. The molecule has 0 bridgehead atoms. The van der Waals surface area contributed by atoms with E-state index in [0.29, 0.717) is 18.2 Å². The highest BCUT2D eigenvalue weighted by Crippen LogP contribution is 2.39. The summed E-state index contributed by atoms with van der Waals surface area (Å²) in [5.74, 6) is 2.25. The monoisotopic (exact) mass is 407 g/mol. The second-order valence-electron chi connectivity index (χ2n) is 6.44. The molecule has 0 saturated carbocycles. The third kappa shape index (κ3) is 2.90. The number of rotatable bonds is 3. The number of fused-ring (bicyclic) bond motifs is 4. The quantitative estimate of drug-likeness (QED) is 0.408. The van der Waals surface area contributed by atoms with Crippen LogP contribution in [0.4, 0.5) is 11.5 Å². The van der Waals surface area contributed by atoms with Crippen molar-refractivity contribution in [2.24, 2.45) is 0 Å². The van der Waals surface area contributed by atoms with Gasteiger partial charge in [-0.2, -0.15) is 0 Å². The smallest absolute Gasteiger partial charge is 0.242 e. The van der Waals surface area contributed by atoms with Crippen LogP contribution in [0.3, 0.4) is 0 Å². The van der Waals surface area contributed by atoms with E-state index in [4.69, 9.17) is 19.6 Å². The van der Waals surface area contributed by atoms with Crippen LogP contribution in [0.2, 0.25) is 0 Å². The van der Waals surface area contributed by atoms with Gasteiger partial charge in [0.1, 0.15) is 25.4 Å². The fraction of sp³-hybridized carbons (Fsp3) is 0.200. The van der Waals surface area contributed by atoms with Crippen LogP contribution in [-0.4, -0.2) is 48.2 Å². The molecule has 146 valence electrons. The van der Waals surface area contributed by atoms with Crippen molar-refractivity contribution in [1.82, 2.24) is 15.0 Å². The number of ether oxygens (including phenoxy) is 3. The van der Waals surface area contributed by atoms with E-state index in [-0.39, 0.29) is 5.90 Å². The molecule has 9 heteroatoms. The van der Waals surface area contributed by atoms with Gasteiger partial charge in [-0.05, 0) is 24.3 Å². The van der Waals surface area contributed by atoms with E-state index in [1.165, 1.54) is 18.4 Å².